The summed E-state index contributed by atoms with van der Waals surface area (Å²) in [6.45, 7) is 3.72. The summed E-state index contributed by atoms with van der Waals surface area (Å²) in [4.78, 5) is 13.4. The molecule has 120 valence electrons. The van der Waals surface area contributed by atoms with Crippen molar-refractivity contribution in [3.05, 3.63) is 18.0 Å². The summed E-state index contributed by atoms with van der Waals surface area (Å²) in [7, 11) is 1.12. The Morgan fingerprint density at radius 1 is 1.43 bits per heavy atom. The molecule has 1 amide bonds. The summed E-state index contributed by atoms with van der Waals surface area (Å²) in [6.07, 6.45) is -1.05. The van der Waals surface area contributed by atoms with Crippen LogP contribution in [0.5, 0.6) is 0 Å². The predicted molar refractivity (Wildman–Crippen MR) is 75.3 cm³/mol. The van der Waals surface area contributed by atoms with Gasteiger partial charge in [-0.05, 0) is 19.4 Å². The number of carbonyl (C=O) groups is 1. The van der Waals surface area contributed by atoms with Crippen molar-refractivity contribution in [2.75, 3.05) is 13.1 Å². The molecule has 0 aromatic carbocycles. The zero-order valence-corrected chi connectivity index (χ0v) is 13.3. The van der Waals surface area contributed by atoms with Crippen molar-refractivity contribution in [1.29, 1.82) is 0 Å². The van der Waals surface area contributed by atoms with E-state index in [1.165, 1.54) is 4.90 Å². The first-order valence-electron chi connectivity index (χ1n) is 6.42. The minimum Gasteiger partial charge on any atom is -0.338 e. The lowest BCUT2D eigenvalue weighted by molar-refractivity contribution is 0.0743. The molecule has 0 aliphatic carbocycles. The molecule has 0 fully saturated rings. The number of alkyl halides is 2. The van der Waals surface area contributed by atoms with Crippen LogP contribution in [0.1, 0.15) is 30.8 Å². The largest absolute Gasteiger partial charge is 0.338 e. The van der Waals surface area contributed by atoms with Crippen LogP contribution in [0, 0.1) is 0 Å². The number of halogens is 3. The number of hydrogen-bond acceptors (Lipinski definition) is 3. The third-order valence-corrected chi connectivity index (χ3v) is 4.19. The van der Waals surface area contributed by atoms with E-state index in [1.54, 1.807) is 6.92 Å². The van der Waals surface area contributed by atoms with Crippen LogP contribution >= 0.6 is 10.7 Å². The second kappa shape index (κ2) is 7.22. The van der Waals surface area contributed by atoms with Crippen LogP contribution in [0.25, 0.3) is 0 Å². The highest BCUT2D eigenvalue weighted by atomic mass is 35.7. The maximum Gasteiger partial charge on any atom is 0.270 e. The lowest BCUT2D eigenvalue weighted by atomic mass is 10.3. The molecule has 0 atom stereocenters. The van der Waals surface area contributed by atoms with Crippen molar-refractivity contribution in [3.8, 4) is 0 Å². The number of aromatic nitrogens is 1. The van der Waals surface area contributed by atoms with Gasteiger partial charge in [0.25, 0.3) is 21.4 Å². The minimum atomic E-state index is -4.08. The molecule has 0 saturated carbocycles. The number of amides is 1. The van der Waals surface area contributed by atoms with Crippen LogP contribution in [0.15, 0.2) is 17.2 Å². The highest BCUT2D eigenvalue weighted by molar-refractivity contribution is 8.13. The molecule has 21 heavy (non-hydrogen) atoms. The molecule has 0 N–H and O–H groups in total. The van der Waals surface area contributed by atoms with E-state index in [1.807, 2.05) is 6.92 Å². The van der Waals surface area contributed by atoms with Gasteiger partial charge in [0.15, 0.2) is 0 Å². The Morgan fingerprint density at radius 3 is 2.48 bits per heavy atom. The molecule has 0 aliphatic heterocycles. The summed E-state index contributed by atoms with van der Waals surface area (Å²) in [6, 6.07) is 1.03. The summed E-state index contributed by atoms with van der Waals surface area (Å²) in [5, 5.41) is 0. The number of nitrogens with zero attached hydrogens (tertiary/aromatic N) is 2. The topological polar surface area (TPSA) is 59.4 Å². The van der Waals surface area contributed by atoms with Crippen LogP contribution < -0.4 is 0 Å². The fourth-order valence-electron chi connectivity index (χ4n) is 1.93. The standard InChI is InChI=1S/C12H17ClF2N2O3S/c1-3-5-16(4-2)12(18)10-6-9(21(13,19)20)7-17(10)8-11(14)15/h6-7,11H,3-5,8H2,1-2H3. The quantitative estimate of drug-likeness (QED) is 0.715. The van der Waals surface area contributed by atoms with Crippen LogP contribution in [0.4, 0.5) is 8.78 Å². The smallest absolute Gasteiger partial charge is 0.270 e. The Bertz CT molecular complexity index is 602. The summed E-state index contributed by atoms with van der Waals surface area (Å²) in [5.74, 6) is -0.494. The van der Waals surface area contributed by atoms with Gasteiger partial charge in [-0.2, -0.15) is 0 Å². The van der Waals surface area contributed by atoms with Crippen LogP contribution in [0.2, 0.25) is 0 Å². The van der Waals surface area contributed by atoms with Crippen molar-refractivity contribution in [2.24, 2.45) is 0 Å². The molecule has 5 nitrogen and oxygen atoms in total. The van der Waals surface area contributed by atoms with Crippen molar-refractivity contribution in [1.82, 2.24) is 9.47 Å². The first-order chi connectivity index (χ1) is 9.70. The van der Waals surface area contributed by atoms with Gasteiger partial charge in [-0.3, -0.25) is 4.79 Å². The van der Waals surface area contributed by atoms with Crippen LogP contribution in [0.3, 0.4) is 0 Å². The Kier molecular flexibility index (Phi) is 6.15. The van der Waals surface area contributed by atoms with Crippen LogP contribution in [-0.2, 0) is 15.6 Å². The summed E-state index contributed by atoms with van der Waals surface area (Å²) in [5.41, 5.74) is -0.107. The predicted octanol–water partition coefficient (Wildman–Crippen LogP) is 2.55. The van der Waals surface area contributed by atoms with Gasteiger partial charge in [-0.15, -0.1) is 0 Å². The van der Waals surface area contributed by atoms with Gasteiger partial charge in [-0.1, -0.05) is 6.92 Å². The Morgan fingerprint density at radius 2 is 2.05 bits per heavy atom. The van der Waals surface area contributed by atoms with Gasteiger partial charge in [-0.25, -0.2) is 17.2 Å². The van der Waals surface area contributed by atoms with E-state index in [-0.39, 0.29) is 10.6 Å². The molecule has 0 bridgehead atoms. The summed E-state index contributed by atoms with van der Waals surface area (Å²) < 4.78 is 48.7. The van der Waals surface area contributed by atoms with Gasteiger partial charge in [0.1, 0.15) is 10.6 Å². The molecule has 1 heterocycles. The number of carbonyl (C=O) groups excluding carboxylic acids is 1. The van der Waals surface area contributed by atoms with E-state index in [0.717, 1.165) is 16.8 Å². The normalized spacial score (nSPS) is 11.9. The van der Waals surface area contributed by atoms with E-state index < -0.39 is 27.9 Å². The van der Waals surface area contributed by atoms with Gasteiger partial charge in [0.2, 0.25) is 0 Å². The number of rotatable bonds is 7. The third kappa shape index (κ3) is 4.67. The monoisotopic (exact) mass is 342 g/mol. The third-order valence-electron chi connectivity index (χ3n) is 2.87. The lowest BCUT2D eigenvalue weighted by Crippen LogP contribution is -2.33. The molecular weight excluding hydrogens is 326 g/mol. The van der Waals surface area contributed by atoms with E-state index >= 15 is 0 Å². The highest BCUT2D eigenvalue weighted by Crippen LogP contribution is 2.21. The molecule has 0 aliphatic rings. The molecule has 1 aromatic heterocycles. The SMILES string of the molecule is CCCN(CC)C(=O)c1cc(S(=O)(=O)Cl)cn1CC(F)F. The second-order valence-electron chi connectivity index (χ2n) is 4.43. The van der Waals surface area contributed by atoms with E-state index in [9.17, 15) is 22.0 Å². The second-order valence-corrected chi connectivity index (χ2v) is 6.99. The van der Waals surface area contributed by atoms with Gasteiger partial charge in [0, 0.05) is 30.0 Å². The van der Waals surface area contributed by atoms with E-state index in [0.29, 0.717) is 19.5 Å². The van der Waals surface area contributed by atoms with Crippen molar-refractivity contribution in [3.63, 3.8) is 0 Å². The lowest BCUT2D eigenvalue weighted by Gasteiger charge is -2.20. The zero-order valence-electron chi connectivity index (χ0n) is 11.7. The highest BCUT2D eigenvalue weighted by Gasteiger charge is 2.24. The molecular formula is C12H17ClF2N2O3S. The molecule has 0 radical (unpaired) electrons. The molecule has 1 aromatic rings. The fourth-order valence-corrected chi connectivity index (χ4v) is 2.69. The average Bonchev–Trinajstić information content (AvgIpc) is 2.78. The van der Waals surface area contributed by atoms with Crippen LogP contribution in [-0.4, -0.2) is 43.3 Å². The first-order valence-corrected chi connectivity index (χ1v) is 8.73. The van der Waals surface area contributed by atoms with Gasteiger partial charge < -0.3 is 9.47 Å². The summed E-state index contributed by atoms with van der Waals surface area (Å²) >= 11 is 0. The molecule has 1 rings (SSSR count). The van der Waals surface area contributed by atoms with Crippen molar-refractivity contribution in [2.45, 2.75) is 38.1 Å². The fraction of sp³-hybridized carbons (Fsp3) is 0.583. The van der Waals surface area contributed by atoms with E-state index in [4.69, 9.17) is 10.7 Å². The molecule has 0 saturated heterocycles. The maximum absolute atomic E-state index is 12.6. The maximum atomic E-state index is 12.6. The van der Waals surface area contributed by atoms with Gasteiger partial charge >= 0.3 is 0 Å². The molecule has 9 heteroatoms. The zero-order chi connectivity index (χ0) is 16.2. The van der Waals surface area contributed by atoms with Crippen molar-refractivity contribution >= 4 is 25.6 Å². The van der Waals surface area contributed by atoms with Gasteiger partial charge in [0.05, 0.1) is 6.54 Å². The average molecular weight is 343 g/mol. The Labute approximate surface area is 126 Å². The van der Waals surface area contributed by atoms with E-state index in [2.05, 4.69) is 0 Å². The minimum absolute atomic E-state index is 0.107. The Balaban J connectivity index is 3.25. The van der Waals surface area contributed by atoms with Crippen molar-refractivity contribution < 1.29 is 22.0 Å². The Hall–Kier alpha value is -1.15. The molecule has 0 unspecified atom stereocenters. The first kappa shape index (κ1) is 17.9. The molecule has 0 spiro atoms. The number of hydrogen-bond donors (Lipinski definition) is 0.